The van der Waals surface area contributed by atoms with Crippen molar-refractivity contribution < 1.29 is 5.11 Å². The number of nitrogens with zero attached hydrogens (tertiary/aromatic N) is 1. The predicted molar refractivity (Wildman–Crippen MR) is 116 cm³/mol. The minimum atomic E-state index is -0.171. The molecule has 3 nitrogen and oxygen atoms in total. The minimum absolute atomic E-state index is 0.0176. The van der Waals surface area contributed by atoms with Crippen LogP contribution in [0, 0.1) is 0 Å². The van der Waals surface area contributed by atoms with Gasteiger partial charge in [-0.25, -0.2) is 0 Å². The van der Waals surface area contributed by atoms with Gasteiger partial charge in [0.25, 0.3) is 0 Å². The van der Waals surface area contributed by atoms with Crippen LogP contribution in [0.5, 0.6) is 5.75 Å². The molecular weight excluding hydrogens is 468 g/mol. The highest BCUT2D eigenvalue weighted by molar-refractivity contribution is 9.10. The first-order valence-electron chi connectivity index (χ1n) is 8.72. The van der Waals surface area contributed by atoms with Gasteiger partial charge in [-0.3, -0.25) is 10.3 Å². The smallest absolute Gasteiger partial charge is 0.126 e. The highest BCUT2D eigenvalue weighted by Crippen LogP contribution is 2.34. The maximum Gasteiger partial charge on any atom is 0.126 e. The van der Waals surface area contributed by atoms with Crippen LogP contribution >= 0.6 is 31.9 Å². The number of phenolic OH excluding ortho intramolecular Hbond substituents is 1. The lowest BCUT2D eigenvalue weighted by atomic mass is 9.93. The van der Waals surface area contributed by atoms with E-state index in [4.69, 9.17) is 4.99 Å². The van der Waals surface area contributed by atoms with E-state index >= 15 is 0 Å². The summed E-state index contributed by atoms with van der Waals surface area (Å²) in [5.41, 5.74) is 4.11. The summed E-state index contributed by atoms with van der Waals surface area (Å²) in [7, 11) is 0. The van der Waals surface area contributed by atoms with Gasteiger partial charge in [-0.1, -0.05) is 74.3 Å². The molecular formula is C22H18Br2N2O. The van der Waals surface area contributed by atoms with Crippen LogP contribution in [-0.2, 0) is 0 Å². The zero-order valence-corrected chi connectivity index (χ0v) is 17.6. The molecule has 0 spiro atoms. The molecule has 3 aromatic rings. The van der Waals surface area contributed by atoms with Crippen LogP contribution in [0.3, 0.4) is 0 Å². The monoisotopic (exact) mass is 484 g/mol. The molecule has 5 heteroatoms. The molecule has 0 aliphatic carbocycles. The first kappa shape index (κ1) is 18.4. The third kappa shape index (κ3) is 4.15. The number of rotatable bonds is 3. The van der Waals surface area contributed by atoms with Crippen molar-refractivity contribution in [3.05, 3.63) is 98.4 Å². The Labute approximate surface area is 175 Å². The Morgan fingerprint density at radius 3 is 2.15 bits per heavy atom. The predicted octanol–water partition coefficient (Wildman–Crippen LogP) is 6.14. The number of aliphatic imine (C=N–C) groups is 1. The molecule has 1 heterocycles. The van der Waals surface area contributed by atoms with Gasteiger partial charge < -0.3 is 5.11 Å². The van der Waals surface area contributed by atoms with E-state index in [1.165, 1.54) is 0 Å². The van der Waals surface area contributed by atoms with Crippen LogP contribution in [0.1, 0.15) is 35.3 Å². The van der Waals surface area contributed by atoms with Crippen molar-refractivity contribution in [2.75, 3.05) is 0 Å². The maximum atomic E-state index is 10.4. The van der Waals surface area contributed by atoms with Crippen molar-refractivity contribution in [3.8, 4) is 5.75 Å². The van der Waals surface area contributed by atoms with E-state index in [0.717, 1.165) is 31.3 Å². The van der Waals surface area contributed by atoms with Crippen molar-refractivity contribution >= 4 is 37.6 Å². The van der Waals surface area contributed by atoms with Crippen molar-refractivity contribution in [1.29, 1.82) is 0 Å². The minimum Gasteiger partial charge on any atom is -0.508 e. The molecule has 0 unspecified atom stereocenters. The van der Waals surface area contributed by atoms with E-state index in [9.17, 15) is 5.11 Å². The zero-order chi connectivity index (χ0) is 18.8. The Morgan fingerprint density at radius 1 is 0.852 bits per heavy atom. The number of para-hydroxylation sites is 1. The Kier molecular flexibility index (Phi) is 5.43. The fourth-order valence-electron chi connectivity index (χ4n) is 3.32. The number of benzene rings is 3. The van der Waals surface area contributed by atoms with Crippen LogP contribution in [0.4, 0.5) is 0 Å². The van der Waals surface area contributed by atoms with Gasteiger partial charge in [0, 0.05) is 32.7 Å². The molecule has 27 heavy (non-hydrogen) atoms. The molecule has 1 aliphatic heterocycles. The van der Waals surface area contributed by atoms with Crippen LogP contribution in [0.25, 0.3) is 0 Å². The van der Waals surface area contributed by atoms with Crippen LogP contribution in [0.15, 0.2) is 86.7 Å². The van der Waals surface area contributed by atoms with Crippen molar-refractivity contribution in [2.45, 2.75) is 18.6 Å². The summed E-state index contributed by atoms with van der Waals surface area (Å²) in [5, 5.41) is 13.9. The number of aromatic hydroxyl groups is 1. The maximum absolute atomic E-state index is 10.4. The van der Waals surface area contributed by atoms with Gasteiger partial charge in [-0.05, 0) is 41.5 Å². The van der Waals surface area contributed by atoms with E-state index < -0.39 is 0 Å². The lowest BCUT2D eigenvalue weighted by Crippen LogP contribution is -2.33. The molecule has 0 bridgehead atoms. The first-order chi connectivity index (χ1) is 13.1. The largest absolute Gasteiger partial charge is 0.508 e. The first-order valence-corrected chi connectivity index (χ1v) is 10.3. The quantitative estimate of drug-likeness (QED) is 0.468. The van der Waals surface area contributed by atoms with E-state index in [0.29, 0.717) is 12.2 Å². The number of hydrogen-bond donors (Lipinski definition) is 2. The summed E-state index contributed by atoms with van der Waals surface area (Å²) in [6.07, 6.45) is 0.543. The summed E-state index contributed by atoms with van der Waals surface area (Å²) in [6.45, 7) is 0. The molecule has 1 aliphatic rings. The molecule has 3 aromatic carbocycles. The fraction of sp³-hybridized carbons (Fsp3) is 0.136. The van der Waals surface area contributed by atoms with Crippen LogP contribution in [-0.4, -0.2) is 10.8 Å². The van der Waals surface area contributed by atoms with Crippen molar-refractivity contribution in [3.63, 3.8) is 0 Å². The average Bonchev–Trinajstić information content (AvgIpc) is 2.69. The van der Waals surface area contributed by atoms with Gasteiger partial charge in [0.1, 0.15) is 11.9 Å². The Hall–Kier alpha value is -1.95. The second kappa shape index (κ2) is 7.97. The molecule has 136 valence electrons. The van der Waals surface area contributed by atoms with Gasteiger partial charge >= 0.3 is 0 Å². The molecule has 4 rings (SSSR count). The van der Waals surface area contributed by atoms with Gasteiger partial charge in [0.2, 0.25) is 0 Å². The molecule has 2 atom stereocenters. The lowest BCUT2D eigenvalue weighted by molar-refractivity contribution is 0.412. The molecule has 0 saturated carbocycles. The zero-order valence-electron chi connectivity index (χ0n) is 14.4. The SMILES string of the molecule is Oc1ccccc1[C@@H]1CC(c2ccc(Br)cc2)=N[C@@H](c2ccc(Br)cc2)N1. The second-order valence-electron chi connectivity index (χ2n) is 6.52. The average molecular weight is 486 g/mol. The Balaban J connectivity index is 1.75. The lowest BCUT2D eigenvalue weighted by Gasteiger charge is -2.31. The third-order valence-electron chi connectivity index (χ3n) is 4.72. The highest BCUT2D eigenvalue weighted by Gasteiger charge is 2.27. The standard InChI is InChI=1S/C22H18Br2N2O/c23-16-9-5-14(6-10-16)19-13-20(18-3-1-2-4-21(18)27)26-22(25-19)15-7-11-17(24)12-8-15/h1-12,20,22,26-27H,13H2/t20-,22+/m0/s1. The third-order valence-corrected chi connectivity index (χ3v) is 5.77. The fourth-order valence-corrected chi connectivity index (χ4v) is 3.85. The number of halogens is 2. The summed E-state index contributed by atoms with van der Waals surface area (Å²) >= 11 is 6.98. The number of nitrogens with one attached hydrogen (secondary N) is 1. The molecule has 0 radical (unpaired) electrons. The van der Waals surface area contributed by atoms with E-state index in [2.05, 4.69) is 61.4 Å². The van der Waals surface area contributed by atoms with E-state index in [1.807, 2.05) is 42.5 Å². The highest BCUT2D eigenvalue weighted by atomic mass is 79.9. The van der Waals surface area contributed by atoms with Gasteiger partial charge in [0.15, 0.2) is 0 Å². The van der Waals surface area contributed by atoms with Gasteiger partial charge in [-0.15, -0.1) is 0 Å². The summed E-state index contributed by atoms with van der Waals surface area (Å²) in [6, 6.07) is 23.9. The van der Waals surface area contributed by atoms with Crippen molar-refractivity contribution in [1.82, 2.24) is 5.32 Å². The Bertz CT molecular complexity index is 968. The summed E-state index contributed by atoms with van der Waals surface area (Å²) in [5.74, 6) is 0.307. The second-order valence-corrected chi connectivity index (χ2v) is 8.35. The normalized spacial score (nSPS) is 19.6. The van der Waals surface area contributed by atoms with Crippen LogP contribution < -0.4 is 5.32 Å². The molecule has 0 aromatic heterocycles. The summed E-state index contributed by atoms with van der Waals surface area (Å²) < 4.78 is 2.08. The summed E-state index contributed by atoms with van der Waals surface area (Å²) in [4.78, 5) is 4.98. The molecule has 0 amide bonds. The molecule has 0 fully saturated rings. The van der Waals surface area contributed by atoms with Gasteiger partial charge in [0.05, 0.1) is 0 Å². The van der Waals surface area contributed by atoms with E-state index in [-0.39, 0.29) is 12.2 Å². The molecule has 0 saturated heterocycles. The van der Waals surface area contributed by atoms with Gasteiger partial charge in [-0.2, -0.15) is 0 Å². The molecule has 2 N–H and O–H groups in total. The van der Waals surface area contributed by atoms with E-state index in [1.54, 1.807) is 6.07 Å². The van der Waals surface area contributed by atoms with Crippen molar-refractivity contribution in [2.24, 2.45) is 4.99 Å². The topological polar surface area (TPSA) is 44.6 Å². The Morgan fingerprint density at radius 2 is 1.48 bits per heavy atom. The number of phenols is 1. The number of hydrogen-bond acceptors (Lipinski definition) is 3. The van der Waals surface area contributed by atoms with Crippen LogP contribution in [0.2, 0.25) is 0 Å².